The van der Waals surface area contributed by atoms with Gasteiger partial charge in [-0.05, 0) is 51.7 Å². The SMILES string of the molecule is C=CC(=O)N1CCN(c2nc(N3CC(N(C)C)C3)nc3c(F)c(-c4c(C)ccc5[nH]ncc45)c(Cl)cc23)CC1C.CC. The van der Waals surface area contributed by atoms with E-state index in [4.69, 9.17) is 21.6 Å². The van der Waals surface area contributed by atoms with E-state index in [2.05, 4.69) is 31.5 Å². The first-order valence-corrected chi connectivity index (χ1v) is 14.8. The standard InChI is InChI=1S/C29H32ClFN8O.C2H6/c1-6-23(40)39-10-9-37(13-17(39)3)28-19-11-21(30)25(24-16(2)7-8-22-20(24)12-32-35-22)26(31)27(19)33-29(34-28)38-14-18(15-38)36(4)5;1-2/h6-8,11-12,17-18H,1,9-10,13-15H2,2-5H3,(H,32,35);1-2H3. The van der Waals surface area contributed by atoms with Crippen molar-refractivity contribution in [2.45, 2.75) is 39.8 Å². The number of hydrogen-bond donors (Lipinski definition) is 1. The number of aromatic amines is 1. The van der Waals surface area contributed by atoms with Crippen LogP contribution in [0.3, 0.4) is 0 Å². The molecule has 1 atom stereocenters. The molecular formula is C31H38ClFN8O. The van der Waals surface area contributed by atoms with Crippen LogP contribution in [0.4, 0.5) is 16.2 Å². The van der Waals surface area contributed by atoms with Gasteiger partial charge in [-0.1, -0.05) is 38.1 Å². The second-order valence-corrected chi connectivity index (χ2v) is 11.3. The van der Waals surface area contributed by atoms with Crippen LogP contribution < -0.4 is 9.80 Å². The fourth-order valence-corrected chi connectivity index (χ4v) is 6.06. The minimum atomic E-state index is -0.484. The highest BCUT2D eigenvalue weighted by Gasteiger charge is 2.34. The number of benzene rings is 2. The molecule has 0 aliphatic carbocycles. The van der Waals surface area contributed by atoms with Crippen LogP contribution in [0.5, 0.6) is 0 Å². The Morgan fingerprint density at radius 2 is 1.86 bits per heavy atom. The van der Waals surface area contributed by atoms with Gasteiger partial charge < -0.3 is 19.6 Å². The van der Waals surface area contributed by atoms with Crippen molar-refractivity contribution >= 4 is 51.1 Å². The van der Waals surface area contributed by atoms with Crippen molar-refractivity contribution in [1.29, 1.82) is 0 Å². The Labute approximate surface area is 251 Å². The van der Waals surface area contributed by atoms with Crippen molar-refractivity contribution in [3.63, 3.8) is 0 Å². The molecule has 2 saturated heterocycles. The molecule has 1 unspecified atom stereocenters. The molecule has 2 aliphatic rings. The number of anilines is 2. The molecule has 0 spiro atoms. The third-order valence-electron chi connectivity index (χ3n) is 8.19. The molecule has 0 radical (unpaired) electrons. The number of H-pyrrole nitrogens is 1. The molecule has 4 aromatic rings. The molecule has 4 heterocycles. The summed E-state index contributed by atoms with van der Waals surface area (Å²) in [5.41, 5.74) is 2.91. The first kappa shape index (κ1) is 29.7. The number of likely N-dealkylation sites (N-methyl/N-ethyl adjacent to an activating group) is 1. The number of carbonyl (C=O) groups is 1. The Morgan fingerprint density at radius 3 is 2.52 bits per heavy atom. The topological polar surface area (TPSA) is 84.5 Å². The average molecular weight is 593 g/mol. The number of hydrogen-bond acceptors (Lipinski definition) is 7. The number of aromatic nitrogens is 4. The maximum Gasteiger partial charge on any atom is 0.246 e. The number of nitrogens with zero attached hydrogens (tertiary/aromatic N) is 7. The maximum absolute atomic E-state index is 16.7. The molecule has 2 aromatic carbocycles. The summed E-state index contributed by atoms with van der Waals surface area (Å²) >= 11 is 6.88. The molecular weight excluding hydrogens is 555 g/mol. The van der Waals surface area contributed by atoms with Gasteiger partial charge in [0.1, 0.15) is 11.3 Å². The number of amides is 1. The minimum absolute atomic E-state index is 0.0734. The molecule has 2 aliphatic heterocycles. The number of aryl methyl sites for hydroxylation is 1. The summed E-state index contributed by atoms with van der Waals surface area (Å²) in [6.07, 6.45) is 3.04. The molecule has 6 rings (SSSR count). The van der Waals surface area contributed by atoms with Gasteiger partial charge in [0.25, 0.3) is 0 Å². The zero-order valence-electron chi connectivity index (χ0n) is 25.1. The van der Waals surface area contributed by atoms with Gasteiger partial charge in [0.15, 0.2) is 5.82 Å². The Balaban J connectivity index is 0.00000173. The molecule has 2 fully saturated rings. The van der Waals surface area contributed by atoms with Crippen LogP contribution in [0, 0.1) is 12.7 Å². The smallest absolute Gasteiger partial charge is 0.246 e. The van der Waals surface area contributed by atoms with Gasteiger partial charge in [-0.2, -0.15) is 10.1 Å². The van der Waals surface area contributed by atoms with Gasteiger partial charge in [0.2, 0.25) is 11.9 Å². The van der Waals surface area contributed by atoms with E-state index in [1.54, 1.807) is 17.2 Å². The quantitative estimate of drug-likeness (QED) is 0.316. The van der Waals surface area contributed by atoms with Crippen LogP contribution in [0.25, 0.3) is 32.9 Å². The number of piperazine rings is 1. The lowest BCUT2D eigenvalue weighted by molar-refractivity contribution is -0.128. The third kappa shape index (κ3) is 5.07. The van der Waals surface area contributed by atoms with Gasteiger partial charge in [-0.3, -0.25) is 9.89 Å². The highest BCUT2D eigenvalue weighted by molar-refractivity contribution is 6.35. The van der Waals surface area contributed by atoms with Crippen molar-refractivity contribution in [2.75, 3.05) is 56.6 Å². The number of nitrogens with one attached hydrogen (secondary N) is 1. The van der Waals surface area contributed by atoms with E-state index in [1.165, 1.54) is 6.08 Å². The van der Waals surface area contributed by atoms with Gasteiger partial charge in [0.05, 0.1) is 16.7 Å². The summed E-state index contributed by atoms with van der Waals surface area (Å²) in [7, 11) is 4.10. The molecule has 1 N–H and O–H groups in total. The van der Waals surface area contributed by atoms with Gasteiger partial charge in [-0.15, -0.1) is 0 Å². The Kier molecular flexibility index (Phi) is 8.39. The fraction of sp³-hybridized carbons (Fsp3) is 0.419. The van der Waals surface area contributed by atoms with E-state index in [1.807, 2.05) is 53.9 Å². The summed E-state index contributed by atoms with van der Waals surface area (Å²) < 4.78 is 16.7. The lowest BCUT2D eigenvalue weighted by Crippen LogP contribution is -2.58. The van der Waals surface area contributed by atoms with E-state index in [0.717, 1.165) is 29.6 Å². The average Bonchev–Trinajstić information content (AvgIpc) is 3.43. The maximum atomic E-state index is 16.7. The van der Waals surface area contributed by atoms with Gasteiger partial charge in [-0.25, -0.2) is 9.37 Å². The lowest BCUT2D eigenvalue weighted by Gasteiger charge is -2.43. The van der Waals surface area contributed by atoms with Crippen LogP contribution in [0.15, 0.2) is 37.1 Å². The van der Waals surface area contributed by atoms with Crippen LogP contribution in [-0.4, -0.2) is 94.8 Å². The van der Waals surface area contributed by atoms with Crippen LogP contribution in [0.2, 0.25) is 5.02 Å². The number of fused-ring (bicyclic) bond motifs is 2. The van der Waals surface area contributed by atoms with Crippen LogP contribution >= 0.6 is 11.6 Å². The van der Waals surface area contributed by atoms with Crippen molar-refractivity contribution in [1.82, 2.24) is 30.0 Å². The van der Waals surface area contributed by atoms with E-state index < -0.39 is 5.82 Å². The fourth-order valence-electron chi connectivity index (χ4n) is 5.78. The predicted octanol–water partition coefficient (Wildman–Crippen LogP) is 5.27. The summed E-state index contributed by atoms with van der Waals surface area (Å²) in [5, 5.41) is 8.76. The molecule has 1 amide bonds. The second-order valence-electron chi connectivity index (χ2n) is 10.9. The highest BCUT2D eigenvalue weighted by atomic mass is 35.5. The molecule has 11 heteroatoms. The van der Waals surface area contributed by atoms with E-state index in [9.17, 15) is 4.79 Å². The summed E-state index contributed by atoms with van der Waals surface area (Å²) in [6, 6.07) is 5.94. The molecule has 0 saturated carbocycles. The zero-order valence-corrected chi connectivity index (χ0v) is 25.8. The van der Waals surface area contributed by atoms with Gasteiger partial charge in [0, 0.05) is 66.7 Å². The predicted molar refractivity (Wildman–Crippen MR) is 169 cm³/mol. The summed E-state index contributed by atoms with van der Waals surface area (Å²) in [4.78, 5) is 30.2. The largest absolute Gasteiger partial charge is 0.352 e. The number of rotatable bonds is 5. The first-order chi connectivity index (χ1) is 20.2. The Morgan fingerprint density at radius 1 is 1.12 bits per heavy atom. The van der Waals surface area contributed by atoms with Crippen molar-refractivity contribution < 1.29 is 9.18 Å². The number of halogens is 2. The van der Waals surface area contributed by atoms with E-state index in [-0.39, 0.29) is 22.5 Å². The van der Waals surface area contributed by atoms with Crippen molar-refractivity contribution in [2.24, 2.45) is 0 Å². The number of carbonyl (C=O) groups excluding carboxylic acids is 1. The van der Waals surface area contributed by atoms with Crippen molar-refractivity contribution in [3.05, 3.63) is 53.5 Å². The third-order valence-corrected chi connectivity index (χ3v) is 8.49. The highest BCUT2D eigenvalue weighted by Crippen LogP contribution is 2.42. The molecule has 42 heavy (non-hydrogen) atoms. The monoisotopic (exact) mass is 592 g/mol. The molecule has 9 nitrogen and oxygen atoms in total. The Bertz CT molecular complexity index is 1650. The molecule has 222 valence electrons. The molecule has 2 aromatic heterocycles. The normalized spacial score (nSPS) is 17.5. The van der Waals surface area contributed by atoms with Gasteiger partial charge >= 0.3 is 0 Å². The lowest BCUT2D eigenvalue weighted by atomic mass is 9.95. The Hall–Kier alpha value is -3.76. The zero-order chi connectivity index (χ0) is 30.3. The van der Waals surface area contributed by atoms with Crippen molar-refractivity contribution in [3.8, 4) is 11.1 Å². The van der Waals surface area contributed by atoms with E-state index in [0.29, 0.717) is 54.0 Å². The van der Waals surface area contributed by atoms with Crippen LogP contribution in [-0.2, 0) is 4.79 Å². The van der Waals surface area contributed by atoms with E-state index >= 15 is 4.39 Å². The summed E-state index contributed by atoms with van der Waals surface area (Å²) in [5.74, 6) is 0.528. The summed E-state index contributed by atoms with van der Waals surface area (Å²) in [6.45, 7) is 14.7. The minimum Gasteiger partial charge on any atom is -0.352 e. The first-order valence-electron chi connectivity index (χ1n) is 14.4. The van der Waals surface area contributed by atoms with Crippen LogP contribution in [0.1, 0.15) is 26.3 Å². The second kappa shape index (κ2) is 11.9. The molecule has 0 bridgehead atoms.